The third kappa shape index (κ3) is 4.44. The number of benzene rings is 1. The molecule has 1 saturated heterocycles. The van der Waals surface area contributed by atoms with Crippen LogP contribution >= 0.6 is 0 Å². The van der Waals surface area contributed by atoms with Crippen LogP contribution in [0.15, 0.2) is 51.8 Å². The van der Waals surface area contributed by atoms with Crippen molar-refractivity contribution in [2.75, 3.05) is 13.1 Å². The quantitative estimate of drug-likeness (QED) is 0.487. The number of aryl methyl sites for hydroxylation is 2. The second-order valence-corrected chi connectivity index (χ2v) is 8.50. The van der Waals surface area contributed by atoms with Crippen LogP contribution in [-0.4, -0.2) is 48.6 Å². The molecule has 0 bridgehead atoms. The Balaban J connectivity index is 1.12. The topological polar surface area (TPSA) is 110 Å². The predicted molar refractivity (Wildman–Crippen MR) is 123 cm³/mol. The molecule has 9 heteroatoms. The number of hydrogen-bond donors (Lipinski definition) is 1. The normalized spacial score (nSPS) is 14.8. The molecule has 0 unspecified atom stereocenters. The molecule has 0 aliphatic carbocycles. The minimum absolute atomic E-state index is 0.131. The summed E-state index contributed by atoms with van der Waals surface area (Å²) in [5, 5.41) is 9.01. The second kappa shape index (κ2) is 9.01. The number of aromatic amines is 1. The maximum Gasteiger partial charge on any atom is 0.260 e. The van der Waals surface area contributed by atoms with Crippen LogP contribution in [-0.2, 0) is 18.3 Å². The van der Waals surface area contributed by atoms with Gasteiger partial charge in [0, 0.05) is 50.7 Å². The van der Waals surface area contributed by atoms with Crippen LogP contribution in [0.1, 0.15) is 43.3 Å². The average molecular weight is 447 g/mol. The lowest BCUT2D eigenvalue weighted by Crippen LogP contribution is -2.37. The fraction of sp³-hybridized carbons (Fsp3) is 0.375. The first-order chi connectivity index (χ1) is 16.1. The Hall–Kier alpha value is -3.75. The Kier molecular flexibility index (Phi) is 5.77. The van der Waals surface area contributed by atoms with Crippen molar-refractivity contribution in [3.8, 4) is 11.5 Å². The summed E-state index contributed by atoms with van der Waals surface area (Å²) in [6, 6.07) is 11.5. The summed E-state index contributed by atoms with van der Waals surface area (Å²) >= 11 is 0. The first-order valence-corrected chi connectivity index (χ1v) is 11.3. The molecule has 0 spiro atoms. The minimum Gasteiger partial charge on any atom is -0.420 e. The van der Waals surface area contributed by atoms with Crippen molar-refractivity contribution in [2.45, 2.75) is 38.0 Å². The molecule has 9 nitrogen and oxygen atoms in total. The number of fused-ring (bicyclic) bond motifs is 1. The Morgan fingerprint density at radius 2 is 1.94 bits per heavy atom. The SMILES string of the molecule is Cn1ccc2c(=O)[nH]c(CCCC(=O)N3CCC(c4nnc(-c5ccccc5)o4)CC3)nc21. The van der Waals surface area contributed by atoms with E-state index in [2.05, 4.69) is 20.2 Å². The Labute approximate surface area is 190 Å². The summed E-state index contributed by atoms with van der Waals surface area (Å²) in [6.07, 6.45) is 5.06. The highest BCUT2D eigenvalue weighted by Crippen LogP contribution is 2.29. The van der Waals surface area contributed by atoms with Gasteiger partial charge >= 0.3 is 0 Å². The highest BCUT2D eigenvalue weighted by atomic mass is 16.4. The van der Waals surface area contributed by atoms with Gasteiger partial charge in [0.15, 0.2) is 0 Å². The fourth-order valence-corrected chi connectivity index (χ4v) is 4.35. The van der Waals surface area contributed by atoms with Crippen molar-refractivity contribution in [1.82, 2.24) is 29.6 Å². The zero-order valence-corrected chi connectivity index (χ0v) is 18.5. The van der Waals surface area contributed by atoms with E-state index in [1.165, 1.54) is 0 Å². The molecule has 1 aliphatic heterocycles. The Morgan fingerprint density at radius 3 is 2.73 bits per heavy atom. The summed E-state index contributed by atoms with van der Waals surface area (Å²) < 4.78 is 7.73. The highest BCUT2D eigenvalue weighted by Gasteiger charge is 2.27. The molecule has 4 heterocycles. The van der Waals surface area contributed by atoms with Crippen LogP contribution < -0.4 is 5.56 Å². The highest BCUT2D eigenvalue weighted by molar-refractivity contribution is 5.76. The summed E-state index contributed by atoms with van der Waals surface area (Å²) in [7, 11) is 1.86. The monoisotopic (exact) mass is 446 g/mol. The lowest BCUT2D eigenvalue weighted by molar-refractivity contribution is -0.132. The maximum absolute atomic E-state index is 12.7. The summed E-state index contributed by atoms with van der Waals surface area (Å²) in [4.78, 5) is 34.1. The van der Waals surface area contributed by atoms with E-state index in [0.29, 0.717) is 61.0 Å². The summed E-state index contributed by atoms with van der Waals surface area (Å²) in [5.41, 5.74) is 1.44. The van der Waals surface area contributed by atoms with E-state index in [1.807, 2.05) is 53.0 Å². The van der Waals surface area contributed by atoms with Gasteiger partial charge in [-0.3, -0.25) is 9.59 Å². The number of carbonyl (C=O) groups excluding carboxylic acids is 1. The van der Waals surface area contributed by atoms with Crippen molar-refractivity contribution >= 4 is 16.9 Å². The average Bonchev–Trinajstić information content (AvgIpc) is 3.48. The fourth-order valence-electron chi connectivity index (χ4n) is 4.35. The maximum atomic E-state index is 12.7. The van der Waals surface area contributed by atoms with Crippen LogP contribution in [0.25, 0.3) is 22.5 Å². The minimum atomic E-state index is -0.138. The van der Waals surface area contributed by atoms with Gasteiger partial charge in [0.1, 0.15) is 11.5 Å². The van der Waals surface area contributed by atoms with E-state index >= 15 is 0 Å². The van der Waals surface area contributed by atoms with Crippen molar-refractivity contribution < 1.29 is 9.21 Å². The van der Waals surface area contributed by atoms with Crippen LogP contribution in [0, 0.1) is 0 Å². The van der Waals surface area contributed by atoms with Crippen LogP contribution in [0.4, 0.5) is 0 Å². The van der Waals surface area contributed by atoms with Crippen molar-refractivity contribution in [3.63, 3.8) is 0 Å². The number of likely N-dealkylation sites (tertiary alicyclic amines) is 1. The molecule has 1 N–H and O–H groups in total. The van der Waals surface area contributed by atoms with Gasteiger partial charge in [-0.1, -0.05) is 18.2 Å². The van der Waals surface area contributed by atoms with Gasteiger partial charge in [0.2, 0.25) is 17.7 Å². The lowest BCUT2D eigenvalue weighted by Gasteiger charge is -2.30. The van der Waals surface area contributed by atoms with Gasteiger partial charge in [-0.05, 0) is 37.5 Å². The lowest BCUT2D eigenvalue weighted by atomic mass is 9.96. The van der Waals surface area contributed by atoms with E-state index in [9.17, 15) is 9.59 Å². The van der Waals surface area contributed by atoms with Crippen LogP contribution in [0.3, 0.4) is 0 Å². The first-order valence-electron chi connectivity index (χ1n) is 11.3. The van der Waals surface area contributed by atoms with E-state index < -0.39 is 0 Å². The predicted octanol–water partition coefficient (Wildman–Crippen LogP) is 3.04. The third-order valence-electron chi connectivity index (χ3n) is 6.25. The smallest absolute Gasteiger partial charge is 0.260 e. The number of aromatic nitrogens is 5. The van der Waals surface area contributed by atoms with E-state index in [-0.39, 0.29) is 17.4 Å². The summed E-state index contributed by atoms with van der Waals surface area (Å²) in [6.45, 7) is 1.36. The first kappa shape index (κ1) is 21.1. The number of nitrogens with zero attached hydrogens (tertiary/aromatic N) is 5. The molecule has 4 aromatic rings. The molecule has 0 atom stereocenters. The number of H-pyrrole nitrogens is 1. The molecule has 1 amide bonds. The van der Waals surface area contributed by atoms with Crippen molar-refractivity contribution in [1.29, 1.82) is 0 Å². The molecule has 3 aromatic heterocycles. The third-order valence-corrected chi connectivity index (χ3v) is 6.25. The molecule has 0 saturated carbocycles. The molecule has 0 radical (unpaired) electrons. The van der Waals surface area contributed by atoms with E-state index in [4.69, 9.17) is 4.42 Å². The Bertz CT molecular complexity index is 1310. The van der Waals surface area contributed by atoms with Crippen LogP contribution in [0.5, 0.6) is 0 Å². The summed E-state index contributed by atoms with van der Waals surface area (Å²) in [5.74, 6) is 2.10. The van der Waals surface area contributed by atoms with Crippen molar-refractivity contribution in [2.24, 2.45) is 7.05 Å². The largest absolute Gasteiger partial charge is 0.420 e. The van der Waals surface area contributed by atoms with Crippen LogP contribution in [0.2, 0.25) is 0 Å². The molecule has 1 fully saturated rings. The second-order valence-electron chi connectivity index (χ2n) is 8.50. The van der Waals surface area contributed by atoms with Gasteiger partial charge in [0.05, 0.1) is 5.39 Å². The number of rotatable bonds is 6. The number of carbonyl (C=O) groups is 1. The van der Waals surface area contributed by atoms with Gasteiger partial charge in [-0.2, -0.15) is 0 Å². The van der Waals surface area contributed by atoms with Gasteiger partial charge in [-0.15, -0.1) is 10.2 Å². The molecular formula is C24H26N6O3. The van der Waals surface area contributed by atoms with Gasteiger partial charge in [-0.25, -0.2) is 4.98 Å². The zero-order valence-electron chi connectivity index (χ0n) is 18.5. The molecule has 5 rings (SSSR count). The molecule has 170 valence electrons. The van der Waals surface area contributed by atoms with Gasteiger partial charge in [0.25, 0.3) is 5.56 Å². The molecule has 1 aliphatic rings. The number of piperidine rings is 1. The zero-order chi connectivity index (χ0) is 22.8. The Morgan fingerprint density at radius 1 is 1.15 bits per heavy atom. The number of hydrogen-bond acceptors (Lipinski definition) is 6. The molecular weight excluding hydrogens is 420 g/mol. The molecule has 1 aromatic carbocycles. The van der Waals surface area contributed by atoms with Crippen molar-refractivity contribution in [3.05, 3.63) is 64.7 Å². The number of nitrogens with one attached hydrogen (secondary N) is 1. The standard InChI is InChI=1S/C24H26N6O3/c1-29-13-12-18-21(29)25-19(26-22(18)32)8-5-9-20(31)30-14-10-17(11-15-30)24-28-27-23(33-24)16-6-3-2-4-7-16/h2-4,6-7,12-13,17H,5,8-11,14-15H2,1H3,(H,25,26,32). The van der Waals surface area contributed by atoms with E-state index in [1.54, 1.807) is 6.07 Å². The van der Waals surface area contributed by atoms with E-state index in [0.717, 1.165) is 18.4 Å². The number of amides is 1. The molecule has 33 heavy (non-hydrogen) atoms. The van der Waals surface area contributed by atoms with Gasteiger partial charge < -0.3 is 18.9 Å².